The summed E-state index contributed by atoms with van der Waals surface area (Å²) in [5, 5.41) is 6.69. The Kier molecular flexibility index (Phi) is 11.8. The van der Waals surface area contributed by atoms with Crippen LogP contribution >= 0.6 is 24.0 Å². The van der Waals surface area contributed by atoms with Gasteiger partial charge in [0.1, 0.15) is 0 Å². The zero-order valence-electron chi connectivity index (χ0n) is 13.5. The molecule has 1 saturated carbocycles. The van der Waals surface area contributed by atoms with Gasteiger partial charge in [-0.3, -0.25) is 9.79 Å². The molecule has 21 heavy (non-hydrogen) atoms. The lowest BCUT2D eigenvalue weighted by molar-refractivity contribution is -0.147. The Morgan fingerprint density at radius 1 is 1.29 bits per heavy atom. The van der Waals surface area contributed by atoms with Crippen molar-refractivity contribution in [2.45, 2.75) is 71.4 Å². The number of hydrogen-bond acceptors (Lipinski definition) is 3. The molecule has 0 spiro atoms. The number of halogens is 1. The summed E-state index contributed by atoms with van der Waals surface area (Å²) < 4.78 is 5.09. The van der Waals surface area contributed by atoms with Crippen LogP contribution in [0.4, 0.5) is 0 Å². The van der Waals surface area contributed by atoms with Crippen molar-refractivity contribution in [1.29, 1.82) is 0 Å². The first kappa shape index (κ1) is 20.5. The van der Waals surface area contributed by atoms with Gasteiger partial charge in [0.25, 0.3) is 0 Å². The molecular formula is C15H30IN3O2. The van der Waals surface area contributed by atoms with Crippen LogP contribution in [-0.4, -0.2) is 37.2 Å². The molecule has 0 aromatic carbocycles. The highest BCUT2D eigenvalue weighted by molar-refractivity contribution is 14.0. The molecule has 0 amide bonds. The highest BCUT2D eigenvalue weighted by atomic mass is 127. The second kappa shape index (κ2) is 12.1. The van der Waals surface area contributed by atoms with Crippen LogP contribution in [0.2, 0.25) is 0 Å². The topological polar surface area (TPSA) is 62.7 Å². The lowest BCUT2D eigenvalue weighted by Crippen LogP contribution is -2.44. The van der Waals surface area contributed by atoms with Gasteiger partial charge in [0.2, 0.25) is 0 Å². The van der Waals surface area contributed by atoms with Crippen LogP contribution in [-0.2, 0) is 9.53 Å². The Morgan fingerprint density at radius 2 is 1.95 bits per heavy atom. The fourth-order valence-corrected chi connectivity index (χ4v) is 2.34. The average molecular weight is 411 g/mol. The van der Waals surface area contributed by atoms with Crippen molar-refractivity contribution in [2.24, 2.45) is 4.99 Å². The first-order valence-corrected chi connectivity index (χ1v) is 7.86. The second-order valence-corrected chi connectivity index (χ2v) is 5.53. The number of aliphatic imine (C=N–C) groups is 1. The normalized spacial score (nSPS) is 16.3. The summed E-state index contributed by atoms with van der Waals surface area (Å²) >= 11 is 0. The summed E-state index contributed by atoms with van der Waals surface area (Å²) in [6.45, 7) is 7.05. The Morgan fingerprint density at radius 3 is 2.52 bits per heavy atom. The van der Waals surface area contributed by atoms with E-state index in [9.17, 15) is 4.79 Å². The Labute approximate surface area is 145 Å². The lowest BCUT2D eigenvalue weighted by Gasteiger charge is -2.24. The zero-order valence-corrected chi connectivity index (χ0v) is 15.8. The molecule has 0 radical (unpaired) electrons. The fraction of sp³-hybridized carbons (Fsp3) is 0.867. The molecule has 0 unspecified atom stereocenters. The molecule has 124 valence electrons. The van der Waals surface area contributed by atoms with E-state index >= 15 is 0 Å². The summed E-state index contributed by atoms with van der Waals surface area (Å²) in [5.41, 5.74) is 0. The van der Waals surface area contributed by atoms with E-state index in [4.69, 9.17) is 4.74 Å². The van der Waals surface area contributed by atoms with E-state index in [0.29, 0.717) is 19.0 Å². The minimum Gasteiger partial charge on any atom is -0.463 e. The van der Waals surface area contributed by atoms with Crippen LogP contribution in [0, 0.1) is 0 Å². The van der Waals surface area contributed by atoms with Crippen molar-refractivity contribution in [3.8, 4) is 0 Å². The molecule has 0 heterocycles. The van der Waals surface area contributed by atoms with Gasteiger partial charge in [-0.2, -0.15) is 0 Å². The molecule has 2 N–H and O–H groups in total. The molecule has 0 aromatic rings. The van der Waals surface area contributed by atoms with Gasteiger partial charge in [-0.05, 0) is 33.6 Å². The average Bonchev–Trinajstić information content (AvgIpc) is 2.39. The van der Waals surface area contributed by atoms with Crippen LogP contribution in [0.1, 0.15) is 59.3 Å². The first-order chi connectivity index (χ1) is 9.61. The summed E-state index contributed by atoms with van der Waals surface area (Å²) in [6.07, 6.45) is 6.61. The van der Waals surface area contributed by atoms with Crippen LogP contribution < -0.4 is 10.6 Å². The van der Waals surface area contributed by atoms with Crippen molar-refractivity contribution in [2.75, 3.05) is 13.1 Å². The minimum absolute atomic E-state index is 0. The summed E-state index contributed by atoms with van der Waals surface area (Å²) in [4.78, 5) is 15.9. The fourth-order valence-electron chi connectivity index (χ4n) is 2.34. The Hall–Kier alpha value is -0.530. The van der Waals surface area contributed by atoms with Gasteiger partial charge in [0.05, 0.1) is 19.1 Å². The molecule has 1 aliphatic rings. The third-order valence-corrected chi connectivity index (χ3v) is 3.24. The highest BCUT2D eigenvalue weighted by Gasteiger charge is 2.14. The van der Waals surface area contributed by atoms with Crippen molar-refractivity contribution in [1.82, 2.24) is 10.6 Å². The van der Waals surface area contributed by atoms with Crippen molar-refractivity contribution >= 4 is 35.9 Å². The second-order valence-electron chi connectivity index (χ2n) is 5.53. The van der Waals surface area contributed by atoms with Crippen molar-refractivity contribution in [3.05, 3.63) is 0 Å². The number of guanidine groups is 1. The maximum absolute atomic E-state index is 11.5. The number of carbonyl (C=O) groups excluding carboxylic acids is 1. The molecule has 0 aromatic heterocycles. The van der Waals surface area contributed by atoms with Gasteiger partial charge < -0.3 is 15.4 Å². The number of esters is 1. The molecule has 0 atom stereocenters. The van der Waals surface area contributed by atoms with E-state index in [-0.39, 0.29) is 36.0 Å². The van der Waals surface area contributed by atoms with E-state index in [1.165, 1.54) is 32.1 Å². The van der Waals surface area contributed by atoms with Crippen LogP contribution in [0.25, 0.3) is 0 Å². The maximum atomic E-state index is 11.5. The molecule has 0 saturated heterocycles. The molecule has 0 aliphatic heterocycles. The monoisotopic (exact) mass is 411 g/mol. The summed E-state index contributed by atoms with van der Waals surface area (Å²) in [7, 11) is 0. The number of carbonyl (C=O) groups is 1. The standard InChI is InChI=1S/C15H29N3O2.HI/c1-4-16-15(18-13-8-6-5-7-9-13)17-11-10-14(19)20-12(2)3;/h12-13H,4-11H2,1-3H3,(H2,16,17,18);1H. The third-order valence-electron chi connectivity index (χ3n) is 3.24. The maximum Gasteiger partial charge on any atom is 0.307 e. The molecule has 1 rings (SSSR count). The molecular weight excluding hydrogens is 381 g/mol. The lowest BCUT2D eigenvalue weighted by atomic mass is 9.96. The zero-order chi connectivity index (χ0) is 14.8. The van der Waals surface area contributed by atoms with Gasteiger partial charge in [-0.1, -0.05) is 19.3 Å². The Bertz CT molecular complexity index is 316. The summed E-state index contributed by atoms with van der Waals surface area (Å²) in [6, 6.07) is 0.518. The smallest absolute Gasteiger partial charge is 0.307 e. The van der Waals surface area contributed by atoms with E-state index < -0.39 is 0 Å². The van der Waals surface area contributed by atoms with Gasteiger partial charge in [0.15, 0.2) is 5.96 Å². The predicted molar refractivity (Wildman–Crippen MR) is 97.2 cm³/mol. The third kappa shape index (κ3) is 9.92. The highest BCUT2D eigenvalue weighted by Crippen LogP contribution is 2.17. The van der Waals surface area contributed by atoms with E-state index in [0.717, 1.165) is 12.5 Å². The first-order valence-electron chi connectivity index (χ1n) is 7.86. The van der Waals surface area contributed by atoms with Gasteiger partial charge in [-0.25, -0.2) is 0 Å². The number of rotatable bonds is 6. The van der Waals surface area contributed by atoms with Gasteiger partial charge in [-0.15, -0.1) is 24.0 Å². The SMILES string of the molecule is CCNC(=NCCC(=O)OC(C)C)NC1CCCCC1.I. The number of ether oxygens (including phenoxy) is 1. The molecule has 0 bridgehead atoms. The van der Waals surface area contributed by atoms with Crippen LogP contribution in [0.5, 0.6) is 0 Å². The van der Waals surface area contributed by atoms with Gasteiger partial charge in [0, 0.05) is 12.6 Å². The number of hydrogen-bond donors (Lipinski definition) is 2. The molecule has 6 heteroatoms. The van der Waals surface area contributed by atoms with Crippen molar-refractivity contribution < 1.29 is 9.53 Å². The predicted octanol–water partition coefficient (Wildman–Crippen LogP) is 2.83. The number of nitrogens with zero attached hydrogens (tertiary/aromatic N) is 1. The van der Waals surface area contributed by atoms with Crippen molar-refractivity contribution in [3.63, 3.8) is 0 Å². The molecule has 1 fully saturated rings. The van der Waals surface area contributed by atoms with Crippen LogP contribution in [0.3, 0.4) is 0 Å². The van der Waals surface area contributed by atoms with Crippen LogP contribution in [0.15, 0.2) is 4.99 Å². The number of nitrogens with one attached hydrogen (secondary N) is 2. The quantitative estimate of drug-likeness (QED) is 0.306. The minimum atomic E-state index is -0.183. The summed E-state index contributed by atoms with van der Waals surface area (Å²) in [5.74, 6) is 0.633. The van der Waals surface area contributed by atoms with E-state index in [1.807, 2.05) is 20.8 Å². The van der Waals surface area contributed by atoms with Gasteiger partial charge >= 0.3 is 5.97 Å². The van der Waals surface area contributed by atoms with E-state index in [2.05, 4.69) is 15.6 Å². The Balaban J connectivity index is 0.00000400. The molecule has 5 nitrogen and oxygen atoms in total. The van der Waals surface area contributed by atoms with E-state index in [1.54, 1.807) is 0 Å². The molecule has 1 aliphatic carbocycles. The largest absolute Gasteiger partial charge is 0.463 e.